The molecule has 0 aliphatic rings. The molecule has 7 heteroatoms. The van der Waals surface area contributed by atoms with Gasteiger partial charge in [-0.05, 0) is 18.6 Å². The van der Waals surface area contributed by atoms with Gasteiger partial charge >= 0.3 is 5.97 Å². The molecule has 6 nitrogen and oxygen atoms in total. The lowest BCUT2D eigenvalue weighted by atomic mass is 10.2. The first kappa shape index (κ1) is 14.3. The minimum atomic E-state index is -0.570. The number of aromatic nitrogens is 3. The van der Waals surface area contributed by atoms with E-state index in [4.69, 9.17) is 22.1 Å². The molecule has 0 aliphatic heterocycles. The van der Waals surface area contributed by atoms with Gasteiger partial charge in [0, 0.05) is 12.2 Å². The molecule has 106 valence electrons. The van der Waals surface area contributed by atoms with Crippen molar-refractivity contribution in [2.75, 3.05) is 5.73 Å². The van der Waals surface area contributed by atoms with E-state index in [-0.39, 0.29) is 22.9 Å². The number of hydrogen-bond acceptors (Lipinski definition) is 5. The van der Waals surface area contributed by atoms with Gasteiger partial charge in [0.25, 0.3) is 0 Å². The summed E-state index contributed by atoms with van der Waals surface area (Å²) in [6.45, 7) is 2.78. The van der Waals surface area contributed by atoms with Crippen molar-refractivity contribution in [2.45, 2.75) is 26.5 Å². The van der Waals surface area contributed by atoms with E-state index >= 15 is 0 Å². The molecule has 2 N–H and O–H groups in total. The number of benzene rings is 1. The molecule has 0 aliphatic carbocycles. The lowest BCUT2D eigenvalue weighted by molar-refractivity contribution is 0.0458. The molecule has 0 fully saturated rings. The van der Waals surface area contributed by atoms with Gasteiger partial charge < -0.3 is 10.5 Å². The largest absolute Gasteiger partial charge is 0.454 e. The Morgan fingerprint density at radius 2 is 2.30 bits per heavy atom. The van der Waals surface area contributed by atoms with E-state index in [0.29, 0.717) is 5.82 Å². The number of nitrogen functional groups attached to an aromatic ring is 1. The van der Waals surface area contributed by atoms with Crippen molar-refractivity contribution in [2.24, 2.45) is 0 Å². The SMILES string of the molecule is CCCn1ncnc1COC(=O)c1c(N)cccc1Cl. The first-order valence-corrected chi connectivity index (χ1v) is 6.59. The van der Waals surface area contributed by atoms with Gasteiger partial charge in [-0.3, -0.25) is 0 Å². The monoisotopic (exact) mass is 294 g/mol. The third-order valence-corrected chi connectivity index (χ3v) is 3.03. The molecule has 0 saturated heterocycles. The number of ether oxygens (including phenoxy) is 1. The molecule has 0 radical (unpaired) electrons. The Kier molecular flexibility index (Phi) is 4.57. The highest BCUT2D eigenvalue weighted by molar-refractivity contribution is 6.34. The Morgan fingerprint density at radius 3 is 3.00 bits per heavy atom. The van der Waals surface area contributed by atoms with Crippen molar-refractivity contribution in [1.82, 2.24) is 14.8 Å². The van der Waals surface area contributed by atoms with Gasteiger partial charge in [0.15, 0.2) is 12.4 Å². The second kappa shape index (κ2) is 6.38. The van der Waals surface area contributed by atoms with Gasteiger partial charge in [-0.15, -0.1) is 0 Å². The standard InChI is InChI=1S/C13H15ClN4O2/c1-2-6-18-11(16-8-17-18)7-20-13(19)12-9(14)4-3-5-10(12)15/h3-5,8H,2,6-7,15H2,1H3. The maximum Gasteiger partial charge on any atom is 0.342 e. The fraction of sp³-hybridized carbons (Fsp3) is 0.308. The molecule has 1 aromatic carbocycles. The number of esters is 1. The van der Waals surface area contributed by atoms with Gasteiger partial charge in [-0.2, -0.15) is 5.10 Å². The lowest BCUT2D eigenvalue weighted by Gasteiger charge is -2.09. The summed E-state index contributed by atoms with van der Waals surface area (Å²) in [5.74, 6) is 0.0185. The molecule has 1 aromatic heterocycles. The second-order valence-electron chi connectivity index (χ2n) is 4.18. The van der Waals surface area contributed by atoms with Crippen LogP contribution in [0.5, 0.6) is 0 Å². The first-order valence-electron chi connectivity index (χ1n) is 6.21. The predicted molar refractivity (Wildman–Crippen MR) is 75.3 cm³/mol. The number of hydrogen-bond donors (Lipinski definition) is 1. The van der Waals surface area contributed by atoms with E-state index < -0.39 is 5.97 Å². The van der Waals surface area contributed by atoms with Crippen LogP contribution in [-0.4, -0.2) is 20.7 Å². The van der Waals surface area contributed by atoms with Crippen LogP contribution in [0.4, 0.5) is 5.69 Å². The van der Waals surface area contributed by atoms with Crippen molar-refractivity contribution in [3.63, 3.8) is 0 Å². The summed E-state index contributed by atoms with van der Waals surface area (Å²) in [5, 5.41) is 4.32. The molecule has 0 unspecified atom stereocenters. The van der Waals surface area contributed by atoms with Crippen LogP contribution in [0.1, 0.15) is 29.5 Å². The highest BCUT2D eigenvalue weighted by Crippen LogP contribution is 2.23. The van der Waals surface area contributed by atoms with Crippen LogP contribution >= 0.6 is 11.6 Å². The van der Waals surface area contributed by atoms with Crippen LogP contribution in [0.25, 0.3) is 0 Å². The minimum Gasteiger partial charge on any atom is -0.454 e. The Labute approximate surface area is 121 Å². The quantitative estimate of drug-likeness (QED) is 0.675. The molecule has 2 aromatic rings. The molecular weight excluding hydrogens is 280 g/mol. The zero-order valence-electron chi connectivity index (χ0n) is 11.0. The fourth-order valence-electron chi connectivity index (χ4n) is 1.76. The molecule has 1 heterocycles. The number of carbonyl (C=O) groups is 1. The minimum absolute atomic E-state index is 0.0312. The van der Waals surface area contributed by atoms with E-state index in [1.165, 1.54) is 6.33 Å². The van der Waals surface area contributed by atoms with Crippen molar-refractivity contribution in [3.05, 3.63) is 40.9 Å². The Balaban J connectivity index is 2.07. The van der Waals surface area contributed by atoms with Gasteiger partial charge in [0.2, 0.25) is 0 Å². The molecular formula is C13H15ClN4O2. The second-order valence-corrected chi connectivity index (χ2v) is 4.59. The molecule has 0 amide bonds. The molecule has 0 saturated carbocycles. The van der Waals surface area contributed by atoms with E-state index in [2.05, 4.69) is 10.1 Å². The maximum absolute atomic E-state index is 12.0. The predicted octanol–water partition coefficient (Wildman–Crippen LogP) is 2.28. The summed E-state index contributed by atoms with van der Waals surface area (Å²) >= 11 is 5.95. The number of aryl methyl sites for hydroxylation is 1. The van der Waals surface area contributed by atoms with Gasteiger partial charge in [0.05, 0.1) is 5.02 Å². The van der Waals surface area contributed by atoms with Gasteiger partial charge in [-0.25, -0.2) is 14.5 Å². The van der Waals surface area contributed by atoms with Gasteiger partial charge in [0.1, 0.15) is 11.9 Å². The van der Waals surface area contributed by atoms with E-state index in [1.807, 2.05) is 6.92 Å². The van der Waals surface area contributed by atoms with Crippen molar-refractivity contribution in [3.8, 4) is 0 Å². The molecule has 0 spiro atoms. The van der Waals surface area contributed by atoms with Crippen LogP contribution in [-0.2, 0) is 17.9 Å². The molecule has 20 heavy (non-hydrogen) atoms. The number of halogens is 1. The summed E-state index contributed by atoms with van der Waals surface area (Å²) in [7, 11) is 0. The van der Waals surface area contributed by atoms with Crippen LogP contribution in [0, 0.1) is 0 Å². The topological polar surface area (TPSA) is 83.0 Å². The van der Waals surface area contributed by atoms with Crippen LogP contribution < -0.4 is 5.73 Å². The number of nitrogens with zero attached hydrogens (tertiary/aromatic N) is 3. The third kappa shape index (κ3) is 3.08. The molecule has 0 bridgehead atoms. The van der Waals surface area contributed by atoms with E-state index in [0.717, 1.165) is 13.0 Å². The smallest absolute Gasteiger partial charge is 0.342 e. The van der Waals surface area contributed by atoms with Crippen molar-refractivity contribution in [1.29, 1.82) is 0 Å². The maximum atomic E-state index is 12.0. The fourth-order valence-corrected chi connectivity index (χ4v) is 2.02. The van der Waals surface area contributed by atoms with E-state index in [9.17, 15) is 4.79 Å². The number of nitrogens with two attached hydrogens (primary N) is 1. The number of anilines is 1. The summed E-state index contributed by atoms with van der Waals surface area (Å²) in [4.78, 5) is 16.1. The van der Waals surface area contributed by atoms with Crippen LogP contribution in [0.3, 0.4) is 0 Å². The van der Waals surface area contributed by atoms with Crippen molar-refractivity contribution < 1.29 is 9.53 Å². The normalized spacial score (nSPS) is 10.5. The lowest BCUT2D eigenvalue weighted by Crippen LogP contribution is -2.12. The summed E-state index contributed by atoms with van der Waals surface area (Å²) < 4.78 is 6.89. The zero-order valence-corrected chi connectivity index (χ0v) is 11.8. The molecule has 2 rings (SSSR count). The summed E-state index contributed by atoms with van der Waals surface area (Å²) in [5.41, 5.74) is 6.20. The third-order valence-electron chi connectivity index (χ3n) is 2.71. The average Bonchev–Trinajstić information content (AvgIpc) is 2.84. The summed E-state index contributed by atoms with van der Waals surface area (Å²) in [6, 6.07) is 4.86. The van der Waals surface area contributed by atoms with Crippen LogP contribution in [0.2, 0.25) is 5.02 Å². The number of carbonyl (C=O) groups excluding carboxylic acids is 1. The highest BCUT2D eigenvalue weighted by Gasteiger charge is 2.16. The van der Waals surface area contributed by atoms with Crippen LogP contribution in [0.15, 0.2) is 24.5 Å². The van der Waals surface area contributed by atoms with Gasteiger partial charge in [-0.1, -0.05) is 24.6 Å². The Morgan fingerprint density at radius 1 is 1.50 bits per heavy atom. The Bertz CT molecular complexity index is 592. The summed E-state index contributed by atoms with van der Waals surface area (Å²) in [6.07, 6.45) is 2.35. The Hall–Kier alpha value is -2.08. The first-order chi connectivity index (χ1) is 9.63. The average molecular weight is 295 g/mol. The number of rotatable bonds is 5. The highest BCUT2D eigenvalue weighted by atomic mass is 35.5. The van der Waals surface area contributed by atoms with E-state index in [1.54, 1.807) is 22.9 Å². The van der Waals surface area contributed by atoms with Crippen molar-refractivity contribution >= 4 is 23.3 Å². The zero-order chi connectivity index (χ0) is 14.5. The molecule has 0 atom stereocenters.